The van der Waals surface area contributed by atoms with E-state index >= 15 is 0 Å². The molecule has 1 aliphatic rings. The number of rotatable bonds is 4. The van der Waals surface area contributed by atoms with Gasteiger partial charge in [-0.25, -0.2) is 13.4 Å². The molecule has 1 aromatic heterocycles. The first-order chi connectivity index (χ1) is 14.6. The fraction of sp³-hybridized carbons (Fsp3) is 0.174. The number of hydrogen-bond acceptors (Lipinski definition) is 4. The molecule has 0 aliphatic carbocycles. The van der Waals surface area contributed by atoms with E-state index < -0.39 is 10.0 Å². The number of anilines is 1. The Morgan fingerprint density at radius 2 is 1.47 bits per heavy atom. The Hall–Kier alpha value is -3.16. The van der Waals surface area contributed by atoms with E-state index in [0.29, 0.717) is 31.1 Å². The van der Waals surface area contributed by atoms with Gasteiger partial charge in [-0.1, -0.05) is 48.5 Å². The predicted octanol–water partition coefficient (Wildman–Crippen LogP) is 3.74. The molecule has 0 spiro atoms. The molecule has 0 bridgehead atoms. The second-order valence-corrected chi connectivity index (χ2v) is 9.30. The normalized spacial score (nSPS) is 15.5. The summed E-state index contributed by atoms with van der Waals surface area (Å²) in [6.07, 6.45) is 0. The lowest BCUT2D eigenvalue weighted by molar-refractivity contribution is 0.385. The van der Waals surface area contributed by atoms with Crippen LogP contribution in [0.25, 0.3) is 22.4 Å². The van der Waals surface area contributed by atoms with Gasteiger partial charge < -0.3 is 9.88 Å². The van der Waals surface area contributed by atoms with E-state index in [-0.39, 0.29) is 0 Å². The van der Waals surface area contributed by atoms with Gasteiger partial charge in [-0.05, 0) is 30.3 Å². The van der Waals surface area contributed by atoms with Gasteiger partial charge in [0.05, 0.1) is 15.9 Å². The Balaban J connectivity index is 1.38. The van der Waals surface area contributed by atoms with Crippen LogP contribution in [0.2, 0.25) is 0 Å². The van der Waals surface area contributed by atoms with Crippen molar-refractivity contribution in [3.05, 3.63) is 78.9 Å². The molecule has 0 saturated carbocycles. The fourth-order valence-electron chi connectivity index (χ4n) is 3.86. The van der Waals surface area contributed by atoms with Crippen LogP contribution in [0.15, 0.2) is 83.8 Å². The first-order valence-corrected chi connectivity index (χ1v) is 11.4. The molecule has 6 nitrogen and oxygen atoms in total. The average molecular weight is 419 g/mol. The maximum absolute atomic E-state index is 13.2. The number of aromatic amines is 1. The number of nitrogens with zero attached hydrogens (tertiary/aromatic N) is 3. The molecule has 1 N–H and O–H groups in total. The molecular formula is C23H22N4O2S. The van der Waals surface area contributed by atoms with Gasteiger partial charge >= 0.3 is 0 Å². The maximum Gasteiger partial charge on any atom is 0.243 e. The standard InChI is InChI=1S/C23H22N4O2S/c28-30(29,27-15-13-26(14-16-27)19-9-5-2-6-10-19)20-11-12-21-22(17-20)25-23(24-21)18-7-3-1-4-8-18/h1-12,17H,13-16H2,(H,24,25). The molecular weight excluding hydrogens is 396 g/mol. The second-order valence-electron chi connectivity index (χ2n) is 7.36. The lowest BCUT2D eigenvalue weighted by Gasteiger charge is -2.35. The highest BCUT2D eigenvalue weighted by atomic mass is 32.2. The number of benzene rings is 3. The number of hydrogen-bond donors (Lipinski definition) is 1. The number of piperazine rings is 1. The molecule has 3 aromatic carbocycles. The van der Waals surface area contributed by atoms with Crippen molar-refractivity contribution in [3.63, 3.8) is 0 Å². The highest BCUT2D eigenvalue weighted by Gasteiger charge is 2.29. The number of aromatic nitrogens is 2. The van der Waals surface area contributed by atoms with Crippen molar-refractivity contribution in [2.45, 2.75) is 4.90 Å². The first-order valence-electron chi connectivity index (χ1n) is 9.97. The fourth-order valence-corrected chi connectivity index (χ4v) is 5.31. The van der Waals surface area contributed by atoms with Crippen molar-refractivity contribution >= 4 is 26.7 Å². The number of fused-ring (bicyclic) bond motifs is 1. The number of H-pyrrole nitrogens is 1. The van der Waals surface area contributed by atoms with Crippen molar-refractivity contribution in [1.29, 1.82) is 0 Å². The molecule has 1 aliphatic heterocycles. The van der Waals surface area contributed by atoms with E-state index in [1.807, 2.05) is 48.5 Å². The summed E-state index contributed by atoms with van der Waals surface area (Å²) < 4.78 is 28.0. The molecule has 2 heterocycles. The summed E-state index contributed by atoms with van der Waals surface area (Å²) in [5, 5.41) is 0. The molecule has 5 rings (SSSR count). The molecule has 0 amide bonds. The van der Waals surface area contributed by atoms with Gasteiger partial charge in [0.15, 0.2) is 0 Å². The summed E-state index contributed by atoms with van der Waals surface area (Å²) in [6, 6.07) is 25.0. The summed E-state index contributed by atoms with van der Waals surface area (Å²) in [7, 11) is -3.56. The molecule has 0 unspecified atom stereocenters. The highest BCUT2D eigenvalue weighted by molar-refractivity contribution is 7.89. The van der Waals surface area contributed by atoms with Crippen LogP contribution in [0.5, 0.6) is 0 Å². The van der Waals surface area contributed by atoms with Crippen molar-refractivity contribution in [1.82, 2.24) is 14.3 Å². The van der Waals surface area contributed by atoms with Crippen LogP contribution >= 0.6 is 0 Å². The van der Waals surface area contributed by atoms with Crippen LogP contribution in [-0.2, 0) is 10.0 Å². The molecule has 7 heteroatoms. The predicted molar refractivity (Wildman–Crippen MR) is 119 cm³/mol. The number of sulfonamides is 1. The van der Waals surface area contributed by atoms with E-state index in [9.17, 15) is 8.42 Å². The summed E-state index contributed by atoms with van der Waals surface area (Å²) in [5.41, 5.74) is 3.57. The van der Waals surface area contributed by atoms with Crippen LogP contribution in [0.4, 0.5) is 5.69 Å². The van der Waals surface area contributed by atoms with Crippen LogP contribution in [-0.4, -0.2) is 48.9 Å². The van der Waals surface area contributed by atoms with E-state index in [4.69, 9.17) is 0 Å². The van der Waals surface area contributed by atoms with Gasteiger partial charge in [0.25, 0.3) is 0 Å². The Labute approximate surface area is 175 Å². The Bertz CT molecular complexity index is 1260. The first kappa shape index (κ1) is 18.8. The minimum atomic E-state index is -3.56. The van der Waals surface area contributed by atoms with E-state index in [0.717, 1.165) is 28.1 Å². The van der Waals surface area contributed by atoms with Gasteiger partial charge in [0.2, 0.25) is 10.0 Å². The lowest BCUT2D eigenvalue weighted by atomic mass is 10.2. The number of nitrogens with one attached hydrogen (secondary N) is 1. The third kappa shape index (κ3) is 3.46. The number of para-hydroxylation sites is 1. The maximum atomic E-state index is 13.2. The summed E-state index contributed by atoms with van der Waals surface area (Å²) in [5.74, 6) is 0.733. The summed E-state index contributed by atoms with van der Waals surface area (Å²) in [6.45, 7) is 2.28. The zero-order valence-electron chi connectivity index (χ0n) is 16.4. The van der Waals surface area contributed by atoms with Crippen LogP contribution in [0, 0.1) is 0 Å². The lowest BCUT2D eigenvalue weighted by Crippen LogP contribution is -2.48. The van der Waals surface area contributed by atoms with Crippen LogP contribution < -0.4 is 4.90 Å². The topological polar surface area (TPSA) is 69.3 Å². The molecule has 0 radical (unpaired) electrons. The van der Waals surface area contributed by atoms with E-state index in [1.165, 1.54) is 0 Å². The van der Waals surface area contributed by atoms with Crippen molar-refractivity contribution < 1.29 is 8.42 Å². The van der Waals surface area contributed by atoms with Crippen LogP contribution in [0.1, 0.15) is 0 Å². The average Bonchev–Trinajstić information content (AvgIpc) is 3.24. The van der Waals surface area contributed by atoms with Gasteiger partial charge in [-0.2, -0.15) is 4.31 Å². The van der Waals surface area contributed by atoms with Gasteiger partial charge in [0.1, 0.15) is 5.82 Å². The molecule has 152 valence electrons. The van der Waals surface area contributed by atoms with Gasteiger partial charge in [0, 0.05) is 37.4 Å². The SMILES string of the molecule is O=S(=O)(c1ccc2nc(-c3ccccc3)[nH]c2c1)N1CCN(c2ccccc2)CC1. The van der Waals surface area contributed by atoms with Crippen molar-refractivity contribution in [3.8, 4) is 11.4 Å². The molecule has 1 fully saturated rings. The quantitative estimate of drug-likeness (QED) is 0.548. The summed E-state index contributed by atoms with van der Waals surface area (Å²) >= 11 is 0. The second kappa shape index (κ2) is 7.59. The smallest absolute Gasteiger partial charge is 0.243 e. The third-order valence-corrected chi connectivity index (χ3v) is 7.39. The Kier molecular flexibility index (Phi) is 4.77. The third-order valence-electron chi connectivity index (χ3n) is 5.50. The minimum Gasteiger partial charge on any atom is -0.369 e. The zero-order chi connectivity index (χ0) is 20.6. The largest absolute Gasteiger partial charge is 0.369 e. The van der Waals surface area contributed by atoms with E-state index in [2.05, 4.69) is 27.0 Å². The Morgan fingerprint density at radius 1 is 0.800 bits per heavy atom. The molecule has 4 aromatic rings. The molecule has 1 saturated heterocycles. The summed E-state index contributed by atoms with van der Waals surface area (Å²) in [4.78, 5) is 10.4. The van der Waals surface area contributed by atoms with Crippen molar-refractivity contribution in [2.75, 3.05) is 31.1 Å². The number of imidazole rings is 1. The van der Waals surface area contributed by atoms with Gasteiger partial charge in [-0.15, -0.1) is 0 Å². The highest BCUT2D eigenvalue weighted by Crippen LogP contribution is 2.25. The van der Waals surface area contributed by atoms with Crippen LogP contribution in [0.3, 0.4) is 0 Å². The van der Waals surface area contributed by atoms with Crippen molar-refractivity contribution in [2.24, 2.45) is 0 Å². The Morgan fingerprint density at radius 3 is 2.17 bits per heavy atom. The molecule has 0 atom stereocenters. The van der Waals surface area contributed by atoms with Gasteiger partial charge in [-0.3, -0.25) is 0 Å². The monoisotopic (exact) mass is 418 g/mol. The van der Waals surface area contributed by atoms with E-state index in [1.54, 1.807) is 22.5 Å². The zero-order valence-corrected chi connectivity index (χ0v) is 17.2. The minimum absolute atomic E-state index is 0.298. The molecule has 30 heavy (non-hydrogen) atoms.